The summed E-state index contributed by atoms with van der Waals surface area (Å²) < 4.78 is 5.78. The first-order chi connectivity index (χ1) is 16.2. The Morgan fingerprint density at radius 3 is 2.39 bits per heavy atom. The van der Waals surface area contributed by atoms with Crippen LogP contribution in [0.4, 0.5) is 11.8 Å². The highest BCUT2D eigenvalue weighted by molar-refractivity contribution is 5.90. The molecule has 2 aromatic carbocycles. The van der Waals surface area contributed by atoms with Gasteiger partial charge in [0, 0.05) is 38.2 Å². The summed E-state index contributed by atoms with van der Waals surface area (Å²) in [6.07, 6.45) is 6.93. The standard InChI is InChI=1S/C27H37N5O/c1-32(2)26-24-12-6-7-13-25(24)30-27(31-26)29-23-16-14-22(15-17-23)28-18-8-9-19-33-20-21-10-4-3-5-11-21/h3-7,10-13,22-23,28H,8-9,14-20H2,1-2H3,(H,29,30,31)/t22-,23+. The van der Waals surface area contributed by atoms with Gasteiger partial charge in [-0.15, -0.1) is 0 Å². The van der Waals surface area contributed by atoms with E-state index in [1.165, 1.54) is 18.4 Å². The molecule has 6 nitrogen and oxygen atoms in total. The molecule has 1 saturated carbocycles. The van der Waals surface area contributed by atoms with Crippen LogP contribution in [-0.2, 0) is 11.3 Å². The molecule has 1 fully saturated rings. The van der Waals surface area contributed by atoms with Crippen molar-refractivity contribution in [1.29, 1.82) is 0 Å². The lowest BCUT2D eigenvalue weighted by Crippen LogP contribution is -2.37. The summed E-state index contributed by atoms with van der Waals surface area (Å²) in [4.78, 5) is 11.6. The molecule has 0 atom stereocenters. The van der Waals surface area contributed by atoms with Crippen molar-refractivity contribution in [2.24, 2.45) is 0 Å². The van der Waals surface area contributed by atoms with Crippen molar-refractivity contribution in [3.05, 3.63) is 60.2 Å². The Hall–Kier alpha value is -2.70. The largest absolute Gasteiger partial charge is 0.377 e. The summed E-state index contributed by atoms with van der Waals surface area (Å²) in [6.45, 7) is 2.60. The number of nitrogens with one attached hydrogen (secondary N) is 2. The van der Waals surface area contributed by atoms with Crippen LogP contribution in [0.1, 0.15) is 44.1 Å². The molecule has 1 aromatic heterocycles. The summed E-state index contributed by atoms with van der Waals surface area (Å²) in [7, 11) is 4.07. The third-order valence-electron chi connectivity index (χ3n) is 6.33. The van der Waals surface area contributed by atoms with Gasteiger partial charge in [0.05, 0.1) is 12.1 Å². The molecule has 0 saturated heterocycles. The normalized spacial score (nSPS) is 18.4. The van der Waals surface area contributed by atoms with Gasteiger partial charge < -0.3 is 20.3 Å². The van der Waals surface area contributed by atoms with Crippen LogP contribution in [-0.4, -0.2) is 49.3 Å². The van der Waals surface area contributed by atoms with Crippen LogP contribution in [0.3, 0.4) is 0 Å². The molecule has 33 heavy (non-hydrogen) atoms. The number of anilines is 2. The van der Waals surface area contributed by atoms with Gasteiger partial charge >= 0.3 is 0 Å². The van der Waals surface area contributed by atoms with Gasteiger partial charge in [-0.3, -0.25) is 0 Å². The van der Waals surface area contributed by atoms with E-state index in [0.717, 1.165) is 61.5 Å². The van der Waals surface area contributed by atoms with E-state index in [-0.39, 0.29) is 0 Å². The average Bonchev–Trinajstić information content (AvgIpc) is 2.84. The predicted molar refractivity (Wildman–Crippen MR) is 137 cm³/mol. The van der Waals surface area contributed by atoms with Crippen LogP contribution in [0.2, 0.25) is 0 Å². The zero-order valence-corrected chi connectivity index (χ0v) is 20.0. The smallest absolute Gasteiger partial charge is 0.225 e. The number of hydrogen-bond acceptors (Lipinski definition) is 6. The number of rotatable bonds is 11. The number of unbranched alkanes of at least 4 members (excludes halogenated alkanes) is 1. The summed E-state index contributed by atoms with van der Waals surface area (Å²) in [5.41, 5.74) is 2.23. The molecule has 0 radical (unpaired) electrons. The van der Waals surface area contributed by atoms with Gasteiger partial charge in [0.2, 0.25) is 5.95 Å². The van der Waals surface area contributed by atoms with E-state index in [0.29, 0.717) is 18.7 Å². The third kappa shape index (κ3) is 6.89. The Balaban J connectivity index is 1.14. The second-order valence-electron chi connectivity index (χ2n) is 9.17. The zero-order valence-electron chi connectivity index (χ0n) is 20.0. The Morgan fingerprint density at radius 1 is 0.879 bits per heavy atom. The van der Waals surface area contributed by atoms with Gasteiger partial charge in [0.1, 0.15) is 5.82 Å². The first-order valence-electron chi connectivity index (χ1n) is 12.2. The number of benzene rings is 2. The summed E-state index contributed by atoms with van der Waals surface area (Å²) in [6, 6.07) is 19.6. The maximum absolute atomic E-state index is 5.78. The van der Waals surface area contributed by atoms with Crippen molar-refractivity contribution >= 4 is 22.7 Å². The van der Waals surface area contributed by atoms with Crippen molar-refractivity contribution < 1.29 is 4.74 Å². The summed E-state index contributed by atoms with van der Waals surface area (Å²) in [5.74, 6) is 1.70. The van der Waals surface area contributed by atoms with E-state index in [1.54, 1.807) is 0 Å². The first kappa shape index (κ1) is 23.5. The Labute approximate surface area is 197 Å². The molecule has 2 N–H and O–H groups in total. The molecule has 1 aliphatic rings. The number of hydrogen-bond donors (Lipinski definition) is 2. The Bertz CT molecular complexity index is 986. The lowest BCUT2D eigenvalue weighted by atomic mass is 9.91. The quantitative estimate of drug-likeness (QED) is 0.403. The van der Waals surface area contributed by atoms with Crippen LogP contribution in [0, 0.1) is 0 Å². The second-order valence-corrected chi connectivity index (χ2v) is 9.17. The molecule has 1 aliphatic carbocycles. The van der Waals surface area contributed by atoms with Gasteiger partial charge in [0.25, 0.3) is 0 Å². The van der Waals surface area contributed by atoms with E-state index < -0.39 is 0 Å². The maximum Gasteiger partial charge on any atom is 0.225 e. The molecule has 1 heterocycles. The minimum absolute atomic E-state index is 0.436. The highest BCUT2D eigenvalue weighted by Gasteiger charge is 2.21. The van der Waals surface area contributed by atoms with E-state index in [2.05, 4.69) is 51.9 Å². The van der Waals surface area contributed by atoms with E-state index in [4.69, 9.17) is 14.7 Å². The predicted octanol–water partition coefficient (Wildman–Crippen LogP) is 5.01. The molecule has 0 unspecified atom stereocenters. The fourth-order valence-electron chi connectivity index (χ4n) is 4.49. The van der Waals surface area contributed by atoms with Crippen molar-refractivity contribution in [1.82, 2.24) is 15.3 Å². The average molecular weight is 448 g/mol. The molecule has 176 valence electrons. The number of fused-ring (bicyclic) bond motifs is 1. The Morgan fingerprint density at radius 2 is 1.61 bits per heavy atom. The van der Waals surface area contributed by atoms with Crippen LogP contribution in [0.25, 0.3) is 10.9 Å². The number of ether oxygens (including phenoxy) is 1. The Kier molecular flexibility index (Phi) is 8.50. The fourth-order valence-corrected chi connectivity index (χ4v) is 4.49. The zero-order chi connectivity index (χ0) is 22.9. The van der Waals surface area contributed by atoms with Crippen molar-refractivity contribution in [2.75, 3.05) is 37.5 Å². The molecular formula is C27H37N5O. The van der Waals surface area contributed by atoms with E-state index >= 15 is 0 Å². The monoisotopic (exact) mass is 447 g/mol. The molecular weight excluding hydrogens is 410 g/mol. The molecule has 0 bridgehead atoms. The molecule has 0 amide bonds. The van der Waals surface area contributed by atoms with E-state index in [9.17, 15) is 0 Å². The molecule has 0 aliphatic heterocycles. The lowest BCUT2D eigenvalue weighted by molar-refractivity contribution is 0.117. The highest BCUT2D eigenvalue weighted by atomic mass is 16.5. The topological polar surface area (TPSA) is 62.3 Å². The first-order valence-corrected chi connectivity index (χ1v) is 12.2. The maximum atomic E-state index is 5.78. The molecule has 0 spiro atoms. The summed E-state index contributed by atoms with van der Waals surface area (Å²) >= 11 is 0. The second kappa shape index (κ2) is 12.0. The van der Waals surface area contributed by atoms with E-state index in [1.807, 2.05) is 32.3 Å². The van der Waals surface area contributed by atoms with Gasteiger partial charge in [-0.1, -0.05) is 42.5 Å². The van der Waals surface area contributed by atoms with Crippen molar-refractivity contribution in [2.45, 2.75) is 57.2 Å². The fraction of sp³-hybridized carbons (Fsp3) is 0.481. The number of aromatic nitrogens is 2. The number of para-hydroxylation sites is 1. The van der Waals surface area contributed by atoms with Gasteiger partial charge in [-0.2, -0.15) is 4.98 Å². The van der Waals surface area contributed by atoms with Crippen molar-refractivity contribution in [3.8, 4) is 0 Å². The lowest BCUT2D eigenvalue weighted by Gasteiger charge is -2.30. The van der Waals surface area contributed by atoms with Gasteiger partial charge in [-0.05, 0) is 62.8 Å². The van der Waals surface area contributed by atoms with Crippen LogP contribution < -0.4 is 15.5 Å². The molecule has 3 aromatic rings. The summed E-state index contributed by atoms with van der Waals surface area (Å²) in [5, 5.41) is 8.43. The third-order valence-corrected chi connectivity index (χ3v) is 6.33. The van der Waals surface area contributed by atoms with Crippen molar-refractivity contribution in [3.63, 3.8) is 0 Å². The minimum Gasteiger partial charge on any atom is -0.377 e. The van der Waals surface area contributed by atoms with Crippen LogP contribution in [0.5, 0.6) is 0 Å². The molecule has 6 heteroatoms. The van der Waals surface area contributed by atoms with Crippen LogP contribution in [0.15, 0.2) is 54.6 Å². The SMILES string of the molecule is CN(C)c1nc(N[C@H]2CC[C@@H](NCCCCOCc3ccccc3)CC2)nc2ccccc12. The van der Waals surface area contributed by atoms with Crippen LogP contribution >= 0.6 is 0 Å². The van der Waals surface area contributed by atoms with Gasteiger partial charge in [-0.25, -0.2) is 4.98 Å². The minimum atomic E-state index is 0.436. The molecule has 4 rings (SSSR count). The highest BCUT2D eigenvalue weighted by Crippen LogP contribution is 2.26. The van der Waals surface area contributed by atoms with Gasteiger partial charge in [0.15, 0.2) is 0 Å². The number of nitrogens with zero attached hydrogens (tertiary/aromatic N) is 3.